The number of aromatic nitrogens is 4. The molecule has 0 unspecified atom stereocenters. The third kappa shape index (κ3) is 3.15. The van der Waals surface area contributed by atoms with Crippen molar-refractivity contribution in [3.8, 4) is 0 Å². The van der Waals surface area contributed by atoms with Gasteiger partial charge in [-0.3, -0.25) is 9.48 Å². The predicted molar refractivity (Wildman–Crippen MR) is 61.4 cm³/mol. The van der Waals surface area contributed by atoms with Crippen LogP contribution in [0.5, 0.6) is 0 Å². The van der Waals surface area contributed by atoms with Crippen LogP contribution in [-0.2, 0) is 19.8 Å². The van der Waals surface area contributed by atoms with Crippen LogP contribution < -0.4 is 5.32 Å². The van der Waals surface area contributed by atoms with Crippen LogP contribution in [0.1, 0.15) is 22.1 Å². The number of carbonyl (C=O) groups excluding carboxylic acids is 1. The second kappa shape index (κ2) is 5.23. The third-order valence-corrected chi connectivity index (χ3v) is 2.57. The maximum absolute atomic E-state index is 12.5. The monoisotopic (exact) mass is 353 g/mol. The van der Waals surface area contributed by atoms with E-state index in [0.29, 0.717) is 6.07 Å². The first-order chi connectivity index (χ1) is 9.27. The summed E-state index contributed by atoms with van der Waals surface area (Å²) in [5, 5.41) is 9.02. The third-order valence-electron chi connectivity index (χ3n) is 2.25. The van der Waals surface area contributed by atoms with Gasteiger partial charge in [0.05, 0.1) is 6.54 Å². The number of halogens is 4. The van der Waals surface area contributed by atoms with E-state index < -0.39 is 17.8 Å². The second-order valence-corrected chi connectivity index (χ2v) is 4.39. The molecule has 2 heterocycles. The number of rotatable bonds is 3. The summed E-state index contributed by atoms with van der Waals surface area (Å²) >= 11 is 2.95. The van der Waals surface area contributed by atoms with E-state index in [9.17, 15) is 18.0 Å². The molecule has 0 saturated heterocycles. The number of hydrogen-bond donors (Lipinski definition) is 1. The van der Waals surface area contributed by atoms with E-state index in [4.69, 9.17) is 4.52 Å². The van der Waals surface area contributed by atoms with Gasteiger partial charge in [-0.25, -0.2) is 0 Å². The van der Waals surface area contributed by atoms with E-state index in [0.717, 1.165) is 4.68 Å². The zero-order valence-corrected chi connectivity index (χ0v) is 11.5. The van der Waals surface area contributed by atoms with Crippen molar-refractivity contribution in [3.63, 3.8) is 0 Å². The SMILES string of the molecule is Cn1nc(C(F)(F)F)cc1C(=O)NCc1nc(Br)no1. The Morgan fingerprint density at radius 2 is 2.25 bits per heavy atom. The summed E-state index contributed by atoms with van der Waals surface area (Å²) in [5.74, 6) is -0.617. The molecule has 0 fully saturated rings. The Balaban J connectivity index is 2.08. The molecule has 2 aromatic heterocycles. The van der Waals surface area contributed by atoms with Gasteiger partial charge in [0.1, 0.15) is 5.69 Å². The van der Waals surface area contributed by atoms with Crippen LogP contribution >= 0.6 is 15.9 Å². The number of alkyl halides is 3. The summed E-state index contributed by atoms with van der Waals surface area (Å²) in [6.45, 7) is -0.107. The summed E-state index contributed by atoms with van der Waals surface area (Å²) in [6, 6.07) is 0.666. The highest BCUT2D eigenvalue weighted by atomic mass is 79.9. The summed E-state index contributed by atoms with van der Waals surface area (Å²) in [4.78, 5) is 15.5. The highest BCUT2D eigenvalue weighted by Crippen LogP contribution is 2.28. The molecule has 0 radical (unpaired) electrons. The zero-order chi connectivity index (χ0) is 14.9. The molecule has 2 rings (SSSR count). The molecule has 1 N–H and O–H groups in total. The number of nitrogens with one attached hydrogen (secondary N) is 1. The number of carbonyl (C=O) groups is 1. The Kier molecular flexibility index (Phi) is 3.79. The van der Waals surface area contributed by atoms with Crippen LogP contribution in [-0.4, -0.2) is 25.8 Å². The lowest BCUT2D eigenvalue weighted by Gasteiger charge is -2.01. The van der Waals surface area contributed by atoms with Crippen molar-refractivity contribution in [2.24, 2.45) is 7.05 Å². The number of amides is 1. The van der Waals surface area contributed by atoms with E-state index in [-0.39, 0.29) is 22.9 Å². The smallest absolute Gasteiger partial charge is 0.342 e. The summed E-state index contributed by atoms with van der Waals surface area (Å²) < 4.78 is 43.1. The van der Waals surface area contributed by atoms with Gasteiger partial charge in [0, 0.05) is 13.1 Å². The van der Waals surface area contributed by atoms with E-state index in [1.54, 1.807) is 0 Å². The lowest BCUT2D eigenvalue weighted by molar-refractivity contribution is -0.141. The first-order valence-electron chi connectivity index (χ1n) is 5.15. The summed E-state index contributed by atoms with van der Waals surface area (Å²) in [5.41, 5.74) is -1.36. The van der Waals surface area contributed by atoms with E-state index >= 15 is 0 Å². The van der Waals surface area contributed by atoms with Gasteiger partial charge in [-0.15, -0.1) is 0 Å². The molecule has 0 bridgehead atoms. The fourth-order valence-corrected chi connectivity index (χ4v) is 1.64. The maximum atomic E-state index is 12.5. The van der Waals surface area contributed by atoms with E-state index in [1.807, 2.05) is 0 Å². The van der Waals surface area contributed by atoms with Crippen molar-refractivity contribution in [2.75, 3.05) is 0 Å². The topological polar surface area (TPSA) is 85.8 Å². The molecule has 108 valence electrons. The van der Waals surface area contributed by atoms with E-state index in [2.05, 4.69) is 36.5 Å². The minimum Gasteiger partial charge on any atom is -0.342 e. The standard InChI is InChI=1S/C9H7BrF3N5O2/c1-18-4(2-5(16-18)9(11,12)13)7(19)14-3-6-15-8(10)17-20-6/h2H,3H2,1H3,(H,14,19). The molecule has 0 atom stereocenters. The molecular weight excluding hydrogens is 347 g/mol. The van der Waals surface area contributed by atoms with Crippen LogP contribution in [0.4, 0.5) is 13.2 Å². The first-order valence-corrected chi connectivity index (χ1v) is 5.94. The molecule has 0 aliphatic carbocycles. The Hall–Kier alpha value is -1.91. The molecule has 0 spiro atoms. The Bertz CT molecular complexity index is 636. The van der Waals surface area contributed by atoms with Crippen molar-refractivity contribution in [1.82, 2.24) is 25.2 Å². The minimum absolute atomic E-state index is 0.107. The largest absolute Gasteiger partial charge is 0.435 e. The van der Waals surface area contributed by atoms with Crippen LogP contribution in [0, 0.1) is 0 Å². The Morgan fingerprint density at radius 3 is 2.75 bits per heavy atom. The summed E-state index contributed by atoms with van der Waals surface area (Å²) in [6.07, 6.45) is -4.60. The van der Waals surface area contributed by atoms with Crippen LogP contribution in [0.2, 0.25) is 0 Å². The van der Waals surface area contributed by atoms with Gasteiger partial charge in [-0.2, -0.15) is 23.3 Å². The average molecular weight is 354 g/mol. The van der Waals surface area contributed by atoms with Crippen molar-refractivity contribution in [3.05, 3.63) is 28.1 Å². The quantitative estimate of drug-likeness (QED) is 0.903. The second-order valence-electron chi connectivity index (χ2n) is 3.68. The first kappa shape index (κ1) is 14.5. The molecule has 1 amide bonds. The van der Waals surface area contributed by atoms with Gasteiger partial charge in [-0.1, -0.05) is 0 Å². The normalized spacial score (nSPS) is 11.7. The fraction of sp³-hybridized carbons (Fsp3) is 0.333. The van der Waals surface area contributed by atoms with Crippen LogP contribution in [0.3, 0.4) is 0 Å². The number of nitrogens with zero attached hydrogens (tertiary/aromatic N) is 4. The van der Waals surface area contributed by atoms with Crippen molar-refractivity contribution in [2.45, 2.75) is 12.7 Å². The van der Waals surface area contributed by atoms with Crippen LogP contribution in [0.15, 0.2) is 15.3 Å². The zero-order valence-electron chi connectivity index (χ0n) is 9.90. The van der Waals surface area contributed by atoms with E-state index in [1.165, 1.54) is 7.05 Å². The van der Waals surface area contributed by atoms with Crippen molar-refractivity contribution >= 4 is 21.8 Å². The number of aryl methyl sites for hydroxylation is 1. The molecular formula is C9H7BrF3N5O2. The van der Waals surface area contributed by atoms with Crippen molar-refractivity contribution in [1.29, 1.82) is 0 Å². The van der Waals surface area contributed by atoms with Gasteiger partial charge < -0.3 is 9.84 Å². The Morgan fingerprint density at radius 1 is 1.55 bits per heavy atom. The number of hydrogen-bond acceptors (Lipinski definition) is 5. The molecule has 0 aliphatic heterocycles. The van der Waals surface area contributed by atoms with Gasteiger partial charge in [0.15, 0.2) is 5.69 Å². The molecule has 20 heavy (non-hydrogen) atoms. The van der Waals surface area contributed by atoms with Crippen LogP contribution in [0.25, 0.3) is 0 Å². The lowest BCUT2D eigenvalue weighted by Crippen LogP contribution is -2.25. The minimum atomic E-state index is -4.60. The molecule has 2 aromatic rings. The highest BCUT2D eigenvalue weighted by Gasteiger charge is 2.35. The highest BCUT2D eigenvalue weighted by molar-refractivity contribution is 9.10. The Labute approximate surface area is 118 Å². The molecule has 7 nitrogen and oxygen atoms in total. The van der Waals surface area contributed by atoms with Gasteiger partial charge >= 0.3 is 6.18 Å². The maximum Gasteiger partial charge on any atom is 0.435 e. The summed E-state index contributed by atoms with van der Waals surface area (Å²) in [7, 11) is 1.24. The molecule has 0 aliphatic rings. The molecule has 11 heteroatoms. The van der Waals surface area contributed by atoms with Crippen molar-refractivity contribution < 1.29 is 22.5 Å². The molecule has 0 saturated carbocycles. The van der Waals surface area contributed by atoms with Gasteiger partial charge in [-0.05, 0) is 21.1 Å². The fourth-order valence-electron chi connectivity index (χ4n) is 1.37. The predicted octanol–water partition coefficient (Wildman–Crippen LogP) is 1.51. The molecule has 0 aromatic carbocycles. The van der Waals surface area contributed by atoms with Gasteiger partial charge in [0.2, 0.25) is 10.6 Å². The van der Waals surface area contributed by atoms with Gasteiger partial charge in [0.25, 0.3) is 5.91 Å². The average Bonchev–Trinajstić information content (AvgIpc) is 2.92. The lowest BCUT2D eigenvalue weighted by atomic mass is 10.3.